The second-order valence-electron chi connectivity index (χ2n) is 4.67. The maximum Gasteiger partial charge on any atom is 0.131 e. The Morgan fingerprint density at radius 2 is 1.94 bits per heavy atom. The quantitative estimate of drug-likeness (QED) is 0.661. The molecule has 0 bridgehead atoms. The molecule has 5 heteroatoms. The van der Waals surface area contributed by atoms with Crippen molar-refractivity contribution in [1.82, 2.24) is 9.97 Å². The van der Waals surface area contributed by atoms with Crippen molar-refractivity contribution in [3.63, 3.8) is 0 Å². The fourth-order valence-corrected chi connectivity index (χ4v) is 1.20. The summed E-state index contributed by atoms with van der Waals surface area (Å²) in [6.45, 7) is 7.13. The first-order chi connectivity index (χ1) is 7.51. The highest BCUT2D eigenvalue weighted by atomic mass is 16.3. The number of aliphatic hydroxyl groups is 1. The zero-order valence-electron chi connectivity index (χ0n) is 10.1. The number of hydrogen-bond acceptors (Lipinski definition) is 5. The Kier molecular flexibility index (Phi) is 4.49. The summed E-state index contributed by atoms with van der Waals surface area (Å²) in [5.41, 5.74) is -0.0171. The molecule has 1 rings (SSSR count). The summed E-state index contributed by atoms with van der Waals surface area (Å²) >= 11 is 0. The average molecular weight is 224 g/mol. The van der Waals surface area contributed by atoms with Crippen molar-refractivity contribution < 1.29 is 5.11 Å². The first-order valence-corrected chi connectivity index (χ1v) is 5.46. The van der Waals surface area contributed by atoms with Crippen LogP contribution in [0.5, 0.6) is 0 Å². The molecule has 0 spiro atoms. The molecule has 0 amide bonds. The summed E-state index contributed by atoms with van der Waals surface area (Å²) in [6.07, 6.45) is 2.24. The van der Waals surface area contributed by atoms with Gasteiger partial charge in [0.15, 0.2) is 0 Å². The number of hydrogen-bond donors (Lipinski definition) is 3. The topological polar surface area (TPSA) is 70.1 Å². The first-order valence-electron chi connectivity index (χ1n) is 5.46. The van der Waals surface area contributed by atoms with E-state index >= 15 is 0 Å². The van der Waals surface area contributed by atoms with Crippen LogP contribution in [-0.2, 0) is 0 Å². The predicted octanol–water partition coefficient (Wildman–Crippen LogP) is 1.48. The average Bonchev–Trinajstić information content (AvgIpc) is 2.16. The smallest absolute Gasteiger partial charge is 0.131 e. The van der Waals surface area contributed by atoms with Crippen LogP contribution in [0.3, 0.4) is 0 Å². The molecule has 0 aliphatic carbocycles. The molecule has 0 radical (unpaired) electrons. The van der Waals surface area contributed by atoms with Crippen molar-refractivity contribution in [2.75, 3.05) is 23.8 Å². The van der Waals surface area contributed by atoms with Gasteiger partial charge in [0, 0.05) is 24.8 Å². The second kappa shape index (κ2) is 5.65. The van der Waals surface area contributed by atoms with Gasteiger partial charge < -0.3 is 15.7 Å². The maximum atomic E-state index is 8.67. The van der Waals surface area contributed by atoms with Crippen LogP contribution in [0.15, 0.2) is 12.4 Å². The Labute approximate surface area is 96.3 Å². The van der Waals surface area contributed by atoms with Crippen LogP contribution in [0.1, 0.15) is 27.2 Å². The molecule has 1 aromatic heterocycles. The van der Waals surface area contributed by atoms with E-state index in [0.29, 0.717) is 13.0 Å². The number of aromatic nitrogens is 2. The van der Waals surface area contributed by atoms with Gasteiger partial charge in [-0.2, -0.15) is 0 Å². The predicted molar refractivity (Wildman–Crippen MR) is 65.6 cm³/mol. The molecule has 3 N–H and O–H groups in total. The lowest BCUT2D eigenvalue weighted by Crippen LogP contribution is -2.26. The van der Waals surface area contributed by atoms with Crippen LogP contribution < -0.4 is 10.6 Å². The number of nitrogens with zero attached hydrogens (tertiary/aromatic N) is 2. The minimum absolute atomic E-state index is 0.0171. The van der Waals surface area contributed by atoms with Crippen LogP contribution in [0.25, 0.3) is 0 Å². The standard InChI is InChI=1S/C11H20N4O/c1-11(2,3)15-10-7-9(13-8-14-10)12-5-4-6-16/h7-8,16H,4-6H2,1-3H3,(H2,12,13,14,15). The van der Waals surface area contributed by atoms with Crippen molar-refractivity contribution in [1.29, 1.82) is 0 Å². The summed E-state index contributed by atoms with van der Waals surface area (Å²) in [7, 11) is 0. The lowest BCUT2D eigenvalue weighted by molar-refractivity contribution is 0.292. The Hall–Kier alpha value is -1.36. The molecule has 0 saturated carbocycles. The van der Waals surface area contributed by atoms with Crippen molar-refractivity contribution in [2.24, 2.45) is 0 Å². The summed E-state index contributed by atoms with van der Waals surface area (Å²) < 4.78 is 0. The van der Waals surface area contributed by atoms with Crippen molar-refractivity contribution in [3.05, 3.63) is 12.4 Å². The highest BCUT2D eigenvalue weighted by molar-refractivity contribution is 5.47. The highest BCUT2D eigenvalue weighted by Gasteiger charge is 2.10. The molecule has 0 saturated heterocycles. The van der Waals surface area contributed by atoms with Crippen LogP contribution in [0.2, 0.25) is 0 Å². The fourth-order valence-electron chi connectivity index (χ4n) is 1.20. The SMILES string of the molecule is CC(C)(C)Nc1cc(NCCCO)ncn1. The Morgan fingerprint density at radius 3 is 2.56 bits per heavy atom. The summed E-state index contributed by atoms with van der Waals surface area (Å²) in [5.74, 6) is 1.57. The van der Waals surface area contributed by atoms with Gasteiger partial charge in [-0.1, -0.05) is 0 Å². The van der Waals surface area contributed by atoms with Gasteiger partial charge in [0.1, 0.15) is 18.0 Å². The van der Waals surface area contributed by atoms with E-state index in [4.69, 9.17) is 5.11 Å². The van der Waals surface area contributed by atoms with Gasteiger partial charge in [-0.15, -0.1) is 0 Å². The molecule has 0 atom stereocenters. The van der Waals surface area contributed by atoms with Crippen LogP contribution in [-0.4, -0.2) is 33.8 Å². The lowest BCUT2D eigenvalue weighted by atomic mass is 10.1. The van der Waals surface area contributed by atoms with E-state index in [0.717, 1.165) is 11.6 Å². The third kappa shape index (κ3) is 4.93. The fraction of sp³-hybridized carbons (Fsp3) is 0.636. The van der Waals surface area contributed by atoms with Crippen molar-refractivity contribution >= 4 is 11.6 Å². The van der Waals surface area contributed by atoms with Gasteiger partial charge in [-0.3, -0.25) is 0 Å². The third-order valence-corrected chi connectivity index (χ3v) is 1.81. The number of rotatable bonds is 5. The molecule has 1 heterocycles. The largest absolute Gasteiger partial charge is 0.396 e. The van der Waals surface area contributed by atoms with E-state index in [1.54, 1.807) is 0 Å². The third-order valence-electron chi connectivity index (χ3n) is 1.81. The van der Waals surface area contributed by atoms with E-state index < -0.39 is 0 Å². The summed E-state index contributed by atoms with van der Waals surface area (Å²) in [6, 6.07) is 1.86. The molecule has 0 aliphatic heterocycles. The van der Waals surface area contributed by atoms with Crippen molar-refractivity contribution in [2.45, 2.75) is 32.7 Å². The van der Waals surface area contributed by atoms with Gasteiger partial charge in [0.25, 0.3) is 0 Å². The summed E-state index contributed by atoms with van der Waals surface area (Å²) in [4.78, 5) is 8.24. The molecule has 90 valence electrons. The lowest BCUT2D eigenvalue weighted by Gasteiger charge is -2.21. The van der Waals surface area contributed by atoms with E-state index in [9.17, 15) is 0 Å². The first kappa shape index (κ1) is 12.7. The minimum atomic E-state index is -0.0171. The monoisotopic (exact) mass is 224 g/mol. The molecule has 0 aromatic carbocycles. The highest BCUT2D eigenvalue weighted by Crippen LogP contribution is 2.14. The van der Waals surface area contributed by atoms with Crippen LogP contribution >= 0.6 is 0 Å². The second-order valence-corrected chi connectivity index (χ2v) is 4.67. The van der Waals surface area contributed by atoms with Gasteiger partial charge >= 0.3 is 0 Å². The Morgan fingerprint density at radius 1 is 1.25 bits per heavy atom. The van der Waals surface area contributed by atoms with E-state index in [1.165, 1.54) is 6.33 Å². The number of nitrogens with one attached hydrogen (secondary N) is 2. The molecular formula is C11H20N4O. The molecule has 1 aromatic rings. The van der Waals surface area contributed by atoms with Crippen molar-refractivity contribution in [3.8, 4) is 0 Å². The molecule has 5 nitrogen and oxygen atoms in total. The maximum absolute atomic E-state index is 8.67. The molecular weight excluding hydrogens is 204 g/mol. The molecule has 0 fully saturated rings. The van der Waals surface area contributed by atoms with Gasteiger partial charge in [0.2, 0.25) is 0 Å². The summed E-state index contributed by atoms with van der Waals surface area (Å²) in [5, 5.41) is 15.1. The van der Waals surface area contributed by atoms with E-state index in [1.807, 2.05) is 6.07 Å². The molecule has 0 aliphatic rings. The zero-order valence-corrected chi connectivity index (χ0v) is 10.1. The number of anilines is 2. The molecule has 16 heavy (non-hydrogen) atoms. The minimum Gasteiger partial charge on any atom is -0.396 e. The number of aliphatic hydroxyl groups excluding tert-OH is 1. The normalized spacial score (nSPS) is 11.2. The van der Waals surface area contributed by atoms with Gasteiger partial charge in [-0.25, -0.2) is 9.97 Å². The Balaban J connectivity index is 2.57. The Bertz CT molecular complexity index is 322. The van der Waals surface area contributed by atoms with E-state index in [-0.39, 0.29) is 12.1 Å². The zero-order chi connectivity index (χ0) is 12.0. The van der Waals surface area contributed by atoms with Crippen LogP contribution in [0, 0.1) is 0 Å². The van der Waals surface area contributed by atoms with E-state index in [2.05, 4.69) is 41.4 Å². The van der Waals surface area contributed by atoms with Gasteiger partial charge in [-0.05, 0) is 27.2 Å². The van der Waals surface area contributed by atoms with Gasteiger partial charge in [0.05, 0.1) is 0 Å². The molecule has 0 unspecified atom stereocenters. The van der Waals surface area contributed by atoms with Crippen LogP contribution in [0.4, 0.5) is 11.6 Å².